The van der Waals surface area contributed by atoms with E-state index in [9.17, 15) is 0 Å². The first-order valence-corrected chi connectivity index (χ1v) is 7.26. The molecule has 0 amide bonds. The van der Waals surface area contributed by atoms with E-state index in [0.717, 1.165) is 28.3 Å². The Morgan fingerprint density at radius 2 is 1.73 bits per heavy atom. The highest BCUT2D eigenvalue weighted by molar-refractivity contribution is 5.62. The van der Waals surface area contributed by atoms with Crippen molar-refractivity contribution in [3.8, 4) is 11.3 Å². The van der Waals surface area contributed by atoms with Gasteiger partial charge in [-0.2, -0.15) is 0 Å². The van der Waals surface area contributed by atoms with Gasteiger partial charge in [0.15, 0.2) is 0 Å². The molecule has 0 bridgehead atoms. The Bertz CT molecular complexity index is 727. The second-order valence-electron chi connectivity index (χ2n) is 4.95. The topological polar surface area (TPSA) is 63.8 Å². The number of nitrogens with zero attached hydrogens (tertiary/aromatic N) is 2. The number of pyridine rings is 2. The number of aromatic nitrogens is 2. The van der Waals surface area contributed by atoms with Gasteiger partial charge in [0.2, 0.25) is 0 Å². The largest absolute Gasteiger partial charge is 0.364 e. The summed E-state index contributed by atoms with van der Waals surface area (Å²) in [5.41, 5.74) is 9.80. The molecule has 1 aromatic carbocycles. The Kier molecular flexibility index (Phi) is 4.41. The fraction of sp³-hybridized carbons (Fsp3) is 0.111. The lowest BCUT2D eigenvalue weighted by atomic mass is 10.1. The van der Waals surface area contributed by atoms with E-state index in [1.165, 1.54) is 0 Å². The van der Waals surface area contributed by atoms with Crippen LogP contribution in [0, 0.1) is 0 Å². The van der Waals surface area contributed by atoms with Crippen molar-refractivity contribution in [3.63, 3.8) is 0 Å². The molecule has 0 spiro atoms. The van der Waals surface area contributed by atoms with Crippen LogP contribution in [-0.4, -0.2) is 9.97 Å². The smallest absolute Gasteiger partial charge is 0.131 e. The summed E-state index contributed by atoms with van der Waals surface area (Å²) in [4.78, 5) is 9.02. The summed E-state index contributed by atoms with van der Waals surface area (Å²) in [5.74, 6) is 0.814. The van der Waals surface area contributed by atoms with Gasteiger partial charge >= 0.3 is 0 Å². The van der Waals surface area contributed by atoms with E-state index in [-0.39, 0.29) is 0 Å². The van der Waals surface area contributed by atoms with Gasteiger partial charge in [0, 0.05) is 23.9 Å². The molecule has 0 fully saturated rings. The fourth-order valence-corrected chi connectivity index (χ4v) is 2.25. The van der Waals surface area contributed by atoms with E-state index in [4.69, 9.17) is 10.7 Å². The van der Waals surface area contributed by atoms with Gasteiger partial charge in [0.25, 0.3) is 0 Å². The number of hydrogen-bond acceptors (Lipinski definition) is 4. The van der Waals surface area contributed by atoms with Crippen LogP contribution in [-0.2, 0) is 13.1 Å². The third-order valence-corrected chi connectivity index (χ3v) is 3.43. The standard InChI is InChI=1S/C18H18N4/c19-12-15-9-10-17(14-6-2-1-3-7-14)22-18(15)21-13-16-8-4-5-11-20-16/h1-11H,12-13,19H2,(H,21,22). The van der Waals surface area contributed by atoms with Crippen molar-refractivity contribution in [2.75, 3.05) is 5.32 Å². The van der Waals surface area contributed by atoms with Gasteiger partial charge in [0.1, 0.15) is 5.82 Å². The lowest BCUT2D eigenvalue weighted by Crippen LogP contribution is -2.08. The van der Waals surface area contributed by atoms with Crippen LogP contribution < -0.4 is 11.1 Å². The Balaban J connectivity index is 1.85. The molecule has 0 unspecified atom stereocenters. The Labute approximate surface area is 130 Å². The summed E-state index contributed by atoms with van der Waals surface area (Å²) in [6.07, 6.45) is 1.79. The quantitative estimate of drug-likeness (QED) is 0.757. The predicted molar refractivity (Wildman–Crippen MR) is 89.1 cm³/mol. The van der Waals surface area contributed by atoms with Gasteiger partial charge in [0.05, 0.1) is 17.9 Å². The predicted octanol–water partition coefficient (Wildman–Crippen LogP) is 3.21. The van der Waals surface area contributed by atoms with Crippen LogP contribution in [0.3, 0.4) is 0 Å². The summed E-state index contributed by atoms with van der Waals surface area (Å²) < 4.78 is 0. The van der Waals surface area contributed by atoms with Crippen LogP contribution in [0.2, 0.25) is 0 Å². The van der Waals surface area contributed by atoms with Crippen LogP contribution in [0.25, 0.3) is 11.3 Å². The molecule has 0 saturated carbocycles. The maximum atomic E-state index is 5.81. The lowest BCUT2D eigenvalue weighted by Gasteiger charge is -2.12. The summed E-state index contributed by atoms with van der Waals surface area (Å²) in [6, 6.07) is 20.0. The summed E-state index contributed by atoms with van der Waals surface area (Å²) in [5, 5.41) is 3.34. The highest BCUT2D eigenvalue weighted by Crippen LogP contribution is 2.21. The van der Waals surface area contributed by atoms with E-state index < -0.39 is 0 Å². The zero-order valence-corrected chi connectivity index (χ0v) is 12.2. The number of benzene rings is 1. The second-order valence-corrected chi connectivity index (χ2v) is 4.95. The van der Waals surface area contributed by atoms with Crippen molar-refractivity contribution < 1.29 is 0 Å². The number of anilines is 1. The molecular formula is C18H18N4. The molecule has 0 aliphatic heterocycles. The molecular weight excluding hydrogens is 272 g/mol. The van der Waals surface area contributed by atoms with Crippen LogP contribution in [0.1, 0.15) is 11.3 Å². The SMILES string of the molecule is NCc1ccc(-c2ccccc2)nc1NCc1ccccn1. The zero-order chi connectivity index (χ0) is 15.2. The number of nitrogens with two attached hydrogens (primary N) is 1. The van der Waals surface area contributed by atoms with Gasteiger partial charge in [-0.25, -0.2) is 4.98 Å². The molecule has 3 N–H and O–H groups in total. The minimum atomic E-state index is 0.451. The molecule has 4 heteroatoms. The van der Waals surface area contributed by atoms with Crippen molar-refractivity contribution in [2.45, 2.75) is 13.1 Å². The van der Waals surface area contributed by atoms with Crippen LogP contribution in [0.15, 0.2) is 66.9 Å². The van der Waals surface area contributed by atoms with Crippen molar-refractivity contribution in [1.82, 2.24) is 9.97 Å². The third kappa shape index (κ3) is 3.30. The van der Waals surface area contributed by atoms with Crippen LogP contribution in [0.5, 0.6) is 0 Å². The minimum Gasteiger partial charge on any atom is -0.364 e. The number of rotatable bonds is 5. The average molecular weight is 290 g/mol. The summed E-state index contributed by atoms with van der Waals surface area (Å²) >= 11 is 0. The molecule has 0 atom stereocenters. The highest BCUT2D eigenvalue weighted by atomic mass is 15.0. The van der Waals surface area contributed by atoms with Crippen molar-refractivity contribution in [2.24, 2.45) is 5.73 Å². The maximum absolute atomic E-state index is 5.81. The van der Waals surface area contributed by atoms with E-state index in [2.05, 4.69) is 10.3 Å². The fourth-order valence-electron chi connectivity index (χ4n) is 2.25. The molecule has 3 rings (SSSR count). The molecule has 0 aliphatic carbocycles. The van der Waals surface area contributed by atoms with Crippen LogP contribution >= 0.6 is 0 Å². The van der Waals surface area contributed by atoms with Gasteiger partial charge in [-0.15, -0.1) is 0 Å². The molecule has 4 nitrogen and oxygen atoms in total. The van der Waals surface area contributed by atoms with E-state index in [1.54, 1.807) is 6.20 Å². The monoisotopic (exact) mass is 290 g/mol. The van der Waals surface area contributed by atoms with Crippen molar-refractivity contribution in [3.05, 3.63) is 78.1 Å². The summed E-state index contributed by atoms with van der Waals surface area (Å²) in [7, 11) is 0. The Morgan fingerprint density at radius 3 is 2.45 bits per heavy atom. The average Bonchev–Trinajstić information content (AvgIpc) is 2.61. The normalized spacial score (nSPS) is 10.4. The maximum Gasteiger partial charge on any atom is 0.131 e. The Hall–Kier alpha value is -2.72. The molecule has 0 aliphatic rings. The number of hydrogen-bond donors (Lipinski definition) is 2. The number of nitrogens with one attached hydrogen (secondary N) is 1. The molecule has 3 aromatic rings. The van der Waals surface area contributed by atoms with Gasteiger partial charge in [-0.05, 0) is 18.2 Å². The zero-order valence-electron chi connectivity index (χ0n) is 12.2. The summed E-state index contributed by atoms with van der Waals surface area (Å²) in [6.45, 7) is 1.08. The van der Waals surface area contributed by atoms with Gasteiger partial charge in [-0.3, -0.25) is 4.98 Å². The first-order valence-electron chi connectivity index (χ1n) is 7.26. The molecule has 22 heavy (non-hydrogen) atoms. The Morgan fingerprint density at radius 1 is 0.909 bits per heavy atom. The third-order valence-electron chi connectivity index (χ3n) is 3.43. The first kappa shape index (κ1) is 14.2. The molecule has 0 saturated heterocycles. The van der Waals surface area contributed by atoms with Gasteiger partial charge < -0.3 is 11.1 Å². The van der Waals surface area contributed by atoms with E-state index in [0.29, 0.717) is 13.1 Å². The van der Waals surface area contributed by atoms with E-state index in [1.807, 2.05) is 60.7 Å². The minimum absolute atomic E-state index is 0.451. The molecule has 2 heterocycles. The van der Waals surface area contributed by atoms with Crippen LogP contribution in [0.4, 0.5) is 5.82 Å². The highest BCUT2D eigenvalue weighted by Gasteiger charge is 2.06. The lowest BCUT2D eigenvalue weighted by molar-refractivity contribution is 0.994. The first-order chi connectivity index (χ1) is 10.9. The molecule has 2 aromatic heterocycles. The van der Waals surface area contributed by atoms with Crippen molar-refractivity contribution in [1.29, 1.82) is 0 Å². The van der Waals surface area contributed by atoms with E-state index >= 15 is 0 Å². The molecule has 0 radical (unpaired) electrons. The molecule has 110 valence electrons. The van der Waals surface area contributed by atoms with Gasteiger partial charge in [-0.1, -0.05) is 42.5 Å². The second kappa shape index (κ2) is 6.83. The van der Waals surface area contributed by atoms with Crippen molar-refractivity contribution >= 4 is 5.82 Å².